The molecule has 1 aliphatic rings. The van der Waals surface area contributed by atoms with Gasteiger partial charge in [0.15, 0.2) is 0 Å². The number of hydrogen-bond donors (Lipinski definition) is 1. The van der Waals surface area contributed by atoms with Gasteiger partial charge < -0.3 is 19.4 Å². The van der Waals surface area contributed by atoms with Crippen LogP contribution in [0.3, 0.4) is 0 Å². The fourth-order valence-corrected chi connectivity index (χ4v) is 1.46. The van der Waals surface area contributed by atoms with Crippen molar-refractivity contribution < 1.29 is 19.4 Å². The normalized spacial score (nSPS) is 21.8. The second kappa shape index (κ2) is 5.41. The van der Waals surface area contributed by atoms with Crippen LogP contribution in [-0.4, -0.2) is 38.9 Å². The van der Waals surface area contributed by atoms with Crippen molar-refractivity contribution in [2.75, 3.05) is 21.3 Å². The van der Waals surface area contributed by atoms with E-state index < -0.39 is 0 Å². The number of allylic oxidation sites excluding steroid dienone is 1. The zero-order valence-corrected chi connectivity index (χ0v) is 9.06. The highest BCUT2D eigenvalue weighted by Gasteiger charge is 2.22. The Morgan fingerprint density at radius 1 is 1.40 bits per heavy atom. The highest BCUT2D eigenvalue weighted by Crippen LogP contribution is 2.26. The molecule has 1 atom stereocenters. The summed E-state index contributed by atoms with van der Waals surface area (Å²) in [5.41, 5.74) is 0.635. The third kappa shape index (κ3) is 2.50. The average Bonchev–Trinajstić information content (AvgIpc) is 2.29. The van der Waals surface area contributed by atoms with E-state index in [1.807, 2.05) is 6.08 Å². The molecule has 1 aliphatic carbocycles. The Morgan fingerprint density at radius 3 is 2.60 bits per heavy atom. The molecule has 0 bridgehead atoms. The van der Waals surface area contributed by atoms with E-state index in [0.717, 1.165) is 0 Å². The van der Waals surface area contributed by atoms with Gasteiger partial charge in [-0.2, -0.15) is 0 Å². The predicted octanol–water partition coefficient (Wildman–Crippen LogP) is 1.30. The number of nitrogens with zero attached hydrogens (tertiary/aromatic N) is 1. The summed E-state index contributed by atoms with van der Waals surface area (Å²) in [6.07, 6.45) is 3.63. The van der Waals surface area contributed by atoms with E-state index in [0.29, 0.717) is 23.5 Å². The third-order valence-electron chi connectivity index (χ3n) is 2.25. The largest absolute Gasteiger partial charge is 0.500 e. The maximum atomic E-state index is 8.53. The summed E-state index contributed by atoms with van der Waals surface area (Å²) in [6, 6.07) is 0. The van der Waals surface area contributed by atoms with Gasteiger partial charge in [-0.1, -0.05) is 5.16 Å². The SMILES string of the molecule is COC1=CC(OC)CC(OC)=C1/C=N/O. The molecule has 0 aromatic carbocycles. The van der Waals surface area contributed by atoms with Crippen molar-refractivity contribution in [3.8, 4) is 0 Å². The first-order chi connectivity index (χ1) is 7.26. The number of methoxy groups -OCH3 is 3. The van der Waals surface area contributed by atoms with Crippen molar-refractivity contribution in [1.82, 2.24) is 0 Å². The molecule has 0 amide bonds. The molecule has 1 N–H and O–H groups in total. The Bertz CT molecular complexity index is 307. The minimum atomic E-state index is -0.0780. The smallest absolute Gasteiger partial charge is 0.129 e. The standard InChI is InChI=1S/C10H15NO4/c1-13-7-4-9(14-2)8(6-11-12)10(5-7)15-3/h4,6-7,12H,5H2,1-3H3/b11-6+. The lowest BCUT2D eigenvalue weighted by atomic mass is 10.0. The lowest BCUT2D eigenvalue weighted by Crippen LogP contribution is -2.18. The highest BCUT2D eigenvalue weighted by molar-refractivity contribution is 5.84. The molecule has 0 heterocycles. The topological polar surface area (TPSA) is 60.3 Å². The molecule has 0 fully saturated rings. The minimum absolute atomic E-state index is 0.0780. The molecule has 84 valence electrons. The molecule has 0 radical (unpaired) electrons. The van der Waals surface area contributed by atoms with Crippen LogP contribution in [0.5, 0.6) is 0 Å². The van der Waals surface area contributed by atoms with E-state index in [2.05, 4.69) is 5.16 Å². The maximum absolute atomic E-state index is 8.53. The zero-order valence-electron chi connectivity index (χ0n) is 9.06. The first kappa shape index (κ1) is 11.6. The lowest BCUT2D eigenvalue weighted by Gasteiger charge is -2.22. The molecule has 1 unspecified atom stereocenters. The summed E-state index contributed by atoms with van der Waals surface area (Å²) < 4.78 is 15.6. The number of oxime groups is 1. The summed E-state index contributed by atoms with van der Waals surface area (Å²) >= 11 is 0. The molecule has 0 aromatic heterocycles. The van der Waals surface area contributed by atoms with Gasteiger partial charge in [0.25, 0.3) is 0 Å². The van der Waals surface area contributed by atoms with Gasteiger partial charge in [-0.05, 0) is 6.08 Å². The van der Waals surface area contributed by atoms with E-state index in [9.17, 15) is 0 Å². The molecule has 0 spiro atoms. The van der Waals surface area contributed by atoms with Crippen LogP contribution in [0.4, 0.5) is 0 Å². The molecular formula is C10H15NO4. The third-order valence-corrected chi connectivity index (χ3v) is 2.25. The van der Waals surface area contributed by atoms with Gasteiger partial charge in [0, 0.05) is 13.5 Å². The quantitative estimate of drug-likeness (QED) is 0.434. The van der Waals surface area contributed by atoms with Crippen LogP contribution < -0.4 is 0 Å². The predicted molar refractivity (Wildman–Crippen MR) is 54.8 cm³/mol. The zero-order chi connectivity index (χ0) is 11.3. The Labute approximate surface area is 88.6 Å². The van der Waals surface area contributed by atoms with Crippen molar-refractivity contribution in [2.24, 2.45) is 5.16 Å². The molecule has 0 aliphatic heterocycles. The second-order valence-corrected chi connectivity index (χ2v) is 3.00. The molecule has 0 aromatic rings. The monoisotopic (exact) mass is 213 g/mol. The van der Waals surface area contributed by atoms with E-state index in [1.54, 1.807) is 21.3 Å². The van der Waals surface area contributed by atoms with Crippen molar-refractivity contribution in [1.29, 1.82) is 0 Å². The maximum Gasteiger partial charge on any atom is 0.129 e. The fraction of sp³-hybridized carbons (Fsp3) is 0.500. The van der Waals surface area contributed by atoms with Gasteiger partial charge in [0.2, 0.25) is 0 Å². The van der Waals surface area contributed by atoms with E-state index >= 15 is 0 Å². The van der Waals surface area contributed by atoms with Crippen LogP contribution in [0.2, 0.25) is 0 Å². The Balaban J connectivity index is 3.04. The van der Waals surface area contributed by atoms with Crippen LogP contribution in [0, 0.1) is 0 Å². The highest BCUT2D eigenvalue weighted by atomic mass is 16.5. The molecular weight excluding hydrogens is 198 g/mol. The molecule has 5 nitrogen and oxygen atoms in total. The van der Waals surface area contributed by atoms with Crippen LogP contribution in [-0.2, 0) is 14.2 Å². The lowest BCUT2D eigenvalue weighted by molar-refractivity contribution is 0.113. The molecule has 15 heavy (non-hydrogen) atoms. The fourth-order valence-electron chi connectivity index (χ4n) is 1.46. The molecule has 5 heteroatoms. The van der Waals surface area contributed by atoms with Crippen molar-refractivity contribution in [2.45, 2.75) is 12.5 Å². The first-order valence-electron chi connectivity index (χ1n) is 4.50. The Morgan fingerprint density at radius 2 is 2.13 bits per heavy atom. The van der Waals surface area contributed by atoms with Gasteiger partial charge in [-0.15, -0.1) is 0 Å². The van der Waals surface area contributed by atoms with Crippen LogP contribution in [0.15, 0.2) is 28.3 Å². The number of ether oxygens (including phenoxy) is 3. The molecule has 0 saturated carbocycles. The van der Waals surface area contributed by atoms with Gasteiger partial charge in [0.05, 0.1) is 32.1 Å². The van der Waals surface area contributed by atoms with E-state index in [-0.39, 0.29) is 6.10 Å². The van der Waals surface area contributed by atoms with Gasteiger partial charge in [-0.25, -0.2) is 0 Å². The van der Waals surface area contributed by atoms with Gasteiger partial charge in [-0.3, -0.25) is 0 Å². The van der Waals surface area contributed by atoms with Gasteiger partial charge in [0.1, 0.15) is 11.5 Å². The Hall–Kier alpha value is -1.49. The van der Waals surface area contributed by atoms with Crippen LogP contribution >= 0.6 is 0 Å². The van der Waals surface area contributed by atoms with Crippen molar-refractivity contribution in [3.05, 3.63) is 23.2 Å². The summed E-state index contributed by atoms with van der Waals surface area (Å²) in [6.45, 7) is 0. The number of rotatable bonds is 4. The van der Waals surface area contributed by atoms with Crippen molar-refractivity contribution in [3.63, 3.8) is 0 Å². The number of hydrogen-bond acceptors (Lipinski definition) is 5. The molecule has 0 saturated heterocycles. The van der Waals surface area contributed by atoms with Crippen molar-refractivity contribution >= 4 is 6.21 Å². The van der Waals surface area contributed by atoms with E-state index in [4.69, 9.17) is 19.4 Å². The first-order valence-corrected chi connectivity index (χ1v) is 4.50. The summed E-state index contributed by atoms with van der Waals surface area (Å²) in [5, 5.41) is 11.5. The summed E-state index contributed by atoms with van der Waals surface area (Å²) in [5.74, 6) is 1.27. The Kier molecular flexibility index (Phi) is 4.17. The van der Waals surface area contributed by atoms with Crippen LogP contribution in [0.25, 0.3) is 0 Å². The summed E-state index contributed by atoms with van der Waals surface area (Å²) in [7, 11) is 4.72. The van der Waals surface area contributed by atoms with Crippen LogP contribution in [0.1, 0.15) is 6.42 Å². The second-order valence-electron chi connectivity index (χ2n) is 3.00. The average molecular weight is 213 g/mol. The minimum Gasteiger partial charge on any atom is -0.500 e. The van der Waals surface area contributed by atoms with E-state index in [1.165, 1.54) is 6.21 Å². The van der Waals surface area contributed by atoms with Gasteiger partial charge >= 0.3 is 0 Å². The summed E-state index contributed by atoms with van der Waals surface area (Å²) in [4.78, 5) is 0. The molecule has 1 rings (SSSR count).